The van der Waals surface area contributed by atoms with Gasteiger partial charge >= 0.3 is 0 Å². The fourth-order valence-electron chi connectivity index (χ4n) is 3.40. The maximum Gasteiger partial charge on any atom is 0.161 e. The van der Waals surface area contributed by atoms with E-state index in [4.69, 9.17) is 5.73 Å². The number of pyridine rings is 1. The van der Waals surface area contributed by atoms with Gasteiger partial charge in [0.2, 0.25) is 0 Å². The number of aromatic nitrogens is 4. The highest BCUT2D eigenvalue weighted by Crippen LogP contribution is 2.26. The Morgan fingerprint density at radius 2 is 1.79 bits per heavy atom. The first-order chi connectivity index (χ1) is 13.7. The number of rotatable bonds is 3. The van der Waals surface area contributed by atoms with Crippen molar-refractivity contribution >= 4 is 39.0 Å². The Bertz CT molecular complexity index is 1320. The first-order valence-electron chi connectivity index (χ1n) is 8.97. The Balaban J connectivity index is 1.49. The van der Waals surface area contributed by atoms with E-state index in [9.17, 15) is 0 Å². The molecule has 28 heavy (non-hydrogen) atoms. The topological polar surface area (TPSA) is 81.7 Å². The molecular formula is C22H18N6. The van der Waals surface area contributed by atoms with Gasteiger partial charge in [-0.25, -0.2) is 15.0 Å². The standard InChI is InChI=1S/C22H18N6/c1-28-11-8-14-2-3-16(13-19(14)28)22-25-10-7-20(27-22)26-17-4-5-18-15(12-17)6-9-24-21(18)23/h2-13H,1H3,(H2,23,24)(H,25,26,27). The van der Waals surface area contributed by atoms with E-state index < -0.39 is 0 Å². The lowest BCUT2D eigenvalue weighted by atomic mass is 10.1. The van der Waals surface area contributed by atoms with Crippen LogP contribution in [0.5, 0.6) is 0 Å². The van der Waals surface area contributed by atoms with Crippen molar-refractivity contribution in [1.82, 2.24) is 19.5 Å². The highest BCUT2D eigenvalue weighted by atomic mass is 15.0. The number of fused-ring (bicyclic) bond motifs is 2. The summed E-state index contributed by atoms with van der Waals surface area (Å²) in [4.78, 5) is 13.3. The van der Waals surface area contributed by atoms with E-state index in [0.717, 1.165) is 33.4 Å². The second kappa shape index (κ2) is 6.35. The minimum atomic E-state index is 0.532. The smallest absolute Gasteiger partial charge is 0.161 e. The Morgan fingerprint density at radius 1 is 0.893 bits per heavy atom. The number of nitrogens with two attached hydrogens (primary N) is 1. The molecule has 0 aliphatic carbocycles. The van der Waals surface area contributed by atoms with Crippen LogP contribution in [0.4, 0.5) is 17.3 Å². The van der Waals surface area contributed by atoms with E-state index in [1.54, 1.807) is 12.4 Å². The molecule has 0 amide bonds. The molecule has 0 fully saturated rings. The molecule has 6 nitrogen and oxygen atoms in total. The third-order valence-electron chi connectivity index (χ3n) is 4.87. The third-order valence-corrected chi connectivity index (χ3v) is 4.87. The summed E-state index contributed by atoms with van der Waals surface area (Å²) >= 11 is 0. The van der Waals surface area contributed by atoms with Crippen molar-refractivity contribution in [3.63, 3.8) is 0 Å². The maximum absolute atomic E-state index is 5.93. The van der Waals surface area contributed by atoms with Gasteiger partial charge in [-0.15, -0.1) is 0 Å². The first kappa shape index (κ1) is 16.3. The van der Waals surface area contributed by atoms with Gasteiger partial charge in [-0.2, -0.15) is 0 Å². The molecule has 5 aromatic rings. The van der Waals surface area contributed by atoms with Crippen LogP contribution in [0.1, 0.15) is 0 Å². The third kappa shape index (κ3) is 2.81. The molecule has 6 heteroatoms. The van der Waals surface area contributed by atoms with Crippen LogP contribution in [0.15, 0.2) is 73.2 Å². The molecular weight excluding hydrogens is 348 g/mol. The number of benzene rings is 2. The zero-order chi connectivity index (χ0) is 19.1. The summed E-state index contributed by atoms with van der Waals surface area (Å²) in [5.41, 5.74) is 9.00. The molecule has 5 rings (SSSR count). The molecule has 0 radical (unpaired) electrons. The van der Waals surface area contributed by atoms with Crippen LogP contribution in [0.2, 0.25) is 0 Å². The van der Waals surface area contributed by atoms with Gasteiger partial charge in [0.25, 0.3) is 0 Å². The van der Waals surface area contributed by atoms with Crippen molar-refractivity contribution in [2.45, 2.75) is 0 Å². The molecule has 0 atom stereocenters. The van der Waals surface area contributed by atoms with Crippen LogP contribution < -0.4 is 11.1 Å². The molecule has 3 N–H and O–H groups in total. The number of nitrogens with zero attached hydrogens (tertiary/aromatic N) is 4. The zero-order valence-electron chi connectivity index (χ0n) is 15.3. The molecule has 0 saturated carbocycles. The van der Waals surface area contributed by atoms with Crippen molar-refractivity contribution in [3.8, 4) is 11.4 Å². The van der Waals surface area contributed by atoms with Crippen molar-refractivity contribution in [3.05, 3.63) is 73.2 Å². The summed E-state index contributed by atoms with van der Waals surface area (Å²) in [5, 5.41) is 6.52. The van der Waals surface area contributed by atoms with Gasteiger partial charge < -0.3 is 15.6 Å². The Labute approximate surface area is 161 Å². The van der Waals surface area contributed by atoms with Crippen LogP contribution in [-0.2, 0) is 7.05 Å². The Morgan fingerprint density at radius 3 is 2.71 bits per heavy atom. The normalized spacial score (nSPS) is 11.2. The highest BCUT2D eigenvalue weighted by Gasteiger charge is 2.07. The predicted molar refractivity (Wildman–Crippen MR) is 113 cm³/mol. The summed E-state index contributed by atoms with van der Waals surface area (Å²) in [7, 11) is 2.03. The molecule has 0 aliphatic heterocycles. The van der Waals surface area contributed by atoms with Crippen molar-refractivity contribution in [2.24, 2.45) is 7.05 Å². The summed E-state index contributed by atoms with van der Waals surface area (Å²) in [6, 6.07) is 18.1. The molecule has 2 aromatic carbocycles. The van der Waals surface area contributed by atoms with E-state index in [-0.39, 0.29) is 0 Å². The minimum absolute atomic E-state index is 0.532. The summed E-state index contributed by atoms with van der Waals surface area (Å²) in [6.07, 6.45) is 5.53. The van der Waals surface area contributed by atoms with Gasteiger partial charge in [0.1, 0.15) is 11.6 Å². The summed E-state index contributed by atoms with van der Waals surface area (Å²) in [6.45, 7) is 0. The van der Waals surface area contributed by atoms with Gasteiger partial charge in [0.05, 0.1) is 0 Å². The number of nitrogens with one attached hydrogen (secondary N) is 1. The predicted octanol–water partition coefficient (Wildman–Crippen LogP) is 4.51. The molecule has 0 aliphatic rings. The van der Waals surface area contributed by atoms with Gasteiger partial charge in [-0.1, -0.05) is 12.1 Å². The zero-order valence-corrected chi connectivity index (χ0v) is 15.3. The fourth-order valence-corrected chi connectivity index (χ4v) is 3.40. The second-order valence-corrected chi connectivity index (χ2v) is 6.72. The van der Waals surface area contributed by atoms with E-state index in [1.807, 2.05) is 43.4 Å². The van der Waals surface area contributed by atoms with Gasteiger partial charge in [-0.05, 0) is 53.2 Å². The van der Waals surface area contributed by atoms with Crippen molar-refractivity contribution < 1.29 is 0 Å². The number of hydrogen-bond acceptors (Lipinski definition) is 5. The van der Waals surface area contributed by atoms with Gasteiger partial charge in [-0.3, -0.25) is 0 Å². The molecule has 0 bridgehead atoms. The van der Waals surface area contributed by atoms with Crippen molar-refractivity contribution in [1.29, 1.82) is 0 Å². The molecule has 0 unspecified atom stereocenters. The van der Waals surface area contributed by atoms with Crippen LogP contribution in [0.3, 0.4) is 0 Å². The fraction of sp³-hybridized carbons (Fsp3) is 0.0455. The molecule has 0 saturated heterocycles. The van der Waals surface area contributed by atoms with E-state index >= 15 is 0 Å². The highest BCUT2D eigenvalue weighted by molar-refractivity contribution is 5.93. The second-order valence-electron chi connectivity index (χ2n) is 6.72. The Kier molecular flexibility index (Phi) is 3.69. The van der Waals surface area contributed by atoms with Crippen LogP contribution in [0, 0.1) is 0 Å². The average molecular weight is 366 g/mol. The average Bonchev–Trinajstić information content (AvgIpc) is 3.09. The lowest BCUT2D eigenvalue weighted by Gasteiger charge is -2.09. The Hall–Kier alpha value is -3.93. The minimum Gasteiger partial charge on any atom is -0.383 e. The van der Waals surface area contributed by atoms with E-state index in [2.05, 4.69) is 49.2 Å². The van der Waals surface area contributed by atoms with Gasteiger partial charge in [0.15, 0.2) is 5.82 Å². The monoisotopic (exact) mass is 366 g/mol. The molecule has 3 aromatic heterocycles. The van der Waals surface area contributed by atoms with Crippen LogP contribution >= 0.6 is 0 Å². The quantitative estimate of drug-likeness (QED) is 0.491. The first-order valence-corrected chi connectivity index (χ1v) is 8.97. The lowest BCUT2D eigenvalue weighted by Crippen LogP contribution is -1.97. The maximum atomic E-state index is 5.93. The molecule has 136 valence electrons. The molecule has 3 heterocycles. The number of anilines is 3. The van der Waals surface area contributed by atoms with Crippen LogP contribution in [-0.4, -0.2) is 19.5 Å². The lowest BCUT2D eigenvalue weighted by molar-refractivity contribution is 0.969. The summed E-state index contributed by atoms with van der Waals surface area (Å²) in [5.74, 6) is 1.95. The summed E-state index contributed by atoms with van der Waals surface area (Å²) < 4.78 is 2.09. The van der Waals surface area contributed by atoms with Crippen LogP contribution in [0.25, 0.3) is 33.1 Å². The number of hydrogen-bond donors (Lipinski definition) is 2. The number of aryl methyl sites for hydroxylation is 1. The van der Waals surface area contributed by atoms with E-state index in [1.165, 1.54) is 5.39 Å². The van der Waals surface area contributed by atoms with E-state index in [0.29, 0.717) is 11.6 Å². The molecule has 0 spiro atoms. The largest absolute Gasteiger partial charge is 0.383 e. The number of nitrogen functional groups attached to an aromatic ring is 1. The van der Waals surface area contributed by atoms with Crippen molar-refractivity contribution in [2.75, 3.05) is 11.1 Å². The SMILES string of the molecule is Cn1ccc2ccc(-c3nccc(Nc4ccc5c(N)nccc5c4)n3)cc21. The van der Waals surface area contributed by atoms with Gasteiger partial charge in [0, 0.05) is 47.8 Å².